The van der Waals surface area contributed by atoms with E-state index in [9.17, 15) is 9.59 Å². The van der Waals surface area contributed by atoms with Gasteiger partial charge >= 0.3 is 6.09 Å². The van der Waals surface area contributed by atoms with Crippen LogP contribution in [0.3, 0.4) is 0 Å². The molecule has 1 heterocycles. The molecule has 0 aromatic rings. The summed E-state index contributed by atoms with van der Waals surface area (Å²) in [5.74, 6) is -0.0757. The first-order valence-corrected chi connectivity index (χ1v) is 6.24. The molecule has 1 aliphatic heterocycles. The normalized spacial score (nSPS) is 23.7. The first-order chi connectivity index (χ1) is 8.45. The van der Waals surface area contributed by atoms with Gasteiger partial charge in [-0.15, -0.1) is 0 Å². The van der Waals surface area contributed by atoms with Gasteiger partial charge in [0.1, 0.15) is 6.54 Å². The van der Waals surface area contributed by atoms with Crippen LogP contribution in [0.5, 0.6) is 0 Å². The van der Waals surface area contributed by atoms with Crippen molar-refractivity contribution in [1.29, 1.82) is 0 Å². The van der Waals surface area contributed by atoms with Gasteiger partial charge in [0.2, 0.25) is 5.91 Å². The van der Waals surface area contributed by atoms with E-state index in [1.807, 2.05) is 13.8 Å². The Morgan fingerprint density at radius 3 is 2.72 bits per heavy atom. The molecule has 0 aromatic carbocycles. The zero-order chi connectivity index (χ0) is 13.7. The van der Waals surface area contributed by atoms with E-state index in [0.29, 0.717) is 19.8 Å². The fourth-order valence-corrected chi connectivity index (χ4v) is 1.84. The molecular weight excluding hydrogens is 236 g/mol. The van der Waals surface area contributed by atoms with Crippen molar-refractivity contribution in [1.82, 2.24) is 9.80 Å². The molecule has 2 atom stereocenters. The minimum Gasteiger partial charge on any atom is -0.450 e. The van der Waals surface area contributed by atoms with Crippen molar-refractivity contribution in [3.05, 3.63) is 0 Å². The van der Waals surface area contributed by atoms with Crippen LogP contribution in [-0.4, -0.2) is 67.3 Å². The van der Waals surface area contributed by atoms with E-state index >= 15 is 0 Å². The molecule has 1 aliphatic rings. The highest BCUT2D eigenvalue weighted by Crippen LogP contribution is 2.11. The Morgan fingerprint density at radius 1 is 1.44 bits per heavy atom. The van der Waals surface area contributed by atoms with Crippen molar-refractivity contribution in [2.45, 2.75) is 32.9 Å². The van der Waals surface area contributed by atoms with Gasteiger partial charge in [-0.25, -0.2) is 4.79 Å². The van der Waals surface area contributed by atoms with E-state index in [1.165, 1.54) is 4.90 Å². The van der Waals surface area contributed by atoms with Crippen molar-refractivity contribution in [2.24, 2.45) is 0 Å². The van der Waals surface area contributed by atoms with Crippen molar-refractivity contribution in [3.63, 3.8) is 0 Å². The number of hydrogen-bond donors (Lipinski definition) is 0. The predicted molar refractivity (Wildman–Crippen MR) is 66.2 cm³/mol. The van der Waals surface area contributed by atoms with E-state index in [0.717, 1.165) is 0 Å². The number of rotatable bonds is 3. The molecule has 104 valence electrons. The van der Waals surface area contributed by atoms with Crippen molar-refractivity contribution in [3.8, 4) is 0 Å². The minimum absolute atomic E-state index is 0.0376. The maximum atomic E-state index is 12.1. The standard InChI is InChI=1S/C12H22N2O4/c1-5-17-12(16)13(4)7-11(15)14-6-10(3)18-8-9(14)2/h9-10H,5-8H2,1-4H3/t9-,10-/m0/s1. The maximum absolute atomic E-state index is 12.1. The van der Waals surface area contributed by atoms with Gasteiger partial charge < -0.3 is 19.3 Å². The van der Waals surface area contributed by atoms with E-state index in [1.54, 1.807) is 18.9 Å². The summed E-state index contributed by atoms with van der Waals surface area (Å²) in [4.78, 5) is 26.6. The average Bonchev–Trinajstić information content (AvgIpc) is 2.32. The molecule has 0 aromatic heterocycles. The molecule has 1 rings (SSSR count). The van der Waals surface area contributed by atoms with Crippen molar-refractivity contribution < 1.29 is 19.1 Å². The number of ether oxygens (including phenoxy) is 2. The smallest absolute Gasteiger partial charge is 0.409 e. The molecule has 0 spiro atoms. The second-order valence-corrected chi connectivity index (χ2v) is 4.59. The second kappa shape index (κ2) is 6.58. The van der Waals surface area contributed by atoms with Crippen LogP contribution in [-0.2, 0) is 14.3 Å². The van der Waals surface area contributed by atoms with Gasteiger partial charge in [0.15, 0.2) is 0 Å². The topological polar surface area (TPSA) is 59.1 Å². The summed E-state index contributed by atoms with van der Waals surface area (Å²) < 4.78 is 10.3. The van der Waals surface area contributed by atoms with Gasteiger partial charge in [-0.05, 0) is 20.8 Å². The summed E-state index contributed by atoms with van der Waals surface area (Å²) in [5.41, 5.74) is 0. The van der Waals surface area contributed by atoms with Crippen LogP contribution >= 0.6 is 0 Å². The molecule has 6 heteroatoms. The monoisotopic (exact) mass is 258 g/mol. The summed E-state index contributed by atoms with van der Waals surface area (Å²) in [6.07, 6.45) is -0.433. The first kappa shape index (κ1) is 14.8. The van der Waals surface area contributed by atoms with Gasteiger partial charge in [-0.2, -0.15) is 0 Å². The Balaban J connectivity index is 2.50. The highest BCUT2D eigenvalue weighted by Gasteiger charge is 2.28. The van der Waals surface area contributed by atoms with E-state index in [2.05, 4.69) is 0 Å². The van der Waals surface area contributed by atoms with Crippen molar-refractivity contribution >= 4 is 12.0 Å². The lowest BCUT2D eigenvalue weighted by Crippen LogP contribution is -2.53. The molecule has 0 saturated carbocycles. The molecule has 6 nitrogen and oxygen atoms in total. The number of morpholine rings is 1. The van der Waals surface area contributed by atoms with E-state index in [-0.39, 0.29) is 24.6 Å². The Kier molecular flexibility index (Phi) is 5.40. The highest BCUT2D eigenvalue weighted by molar-refractivity contribution is 5.82. The first-order valence-electron chi connectivity index (χ1n) is 6.24. The maximum Gasteiger partial charge on any atom is 0.409 e. The molecule has 1 fully saturated rings. The molecule has 0 aliphatic carbocycles. The second-order valence-electron chi connectivity index (χ2n) is 4.59. The van der Waals surface area contributed by atoms with Crippen LogP contribution in [0.2, 0.25) is 0 Å². The van der Waals surface area contributed by atoms with Crippen LogP contribution in [0.1, 0.15) is 20.8 Å². The molecule has 1 saturated heterocycles. The summed E-state index contributed by atoms with van der Waals surface area (Å²) in [7, 11) is 1.56. The Bertz CT molecular complexity index is 308. The third-order valence-electron chi connectivity index (χ3n) is 2.88. The van der Waals surface area contributed by atoms with Crippen LogP contribution in [0.4, 0.5) is 4.79 Å². The predicted octanol–water partition coefficient (Wildman–Crippen LogP) is 0.711. The van der Waals surface area contributed by atoms with E-state index < -0.39 is 6.09 Å². The molecular formula is C12H22N2O4. The third kappa shape index (κ3) is 3.87. The molecule has 0 radical (unpaired) electrons. The number of hydrogen-bond acceptors (Lipinski definition) is 4. The SMILES string of the molecule is CCOC(=O)N(C)CC(=O)N1C[C@H](C)OC[C@@H]1C. The van der Waals surface area contributed by atoms with Crippen LogP contribution < -0.4 is 0 Å². The third-order valence-corrected chi connectivity index (χ3v) is 2.88. The summed E-state index contributed by atoms with van der Waals surface area (Å²) in [6.45, 7) is 7.06. The van der Waals surface area contributed by atoms with Crippen LogP contribution in [0, 0.1) is 0 Å². The van der Waals surface area contributed by atoms with Crippen LogP contribution in [0.25, 0.3) is 0 Å². The Morgan fingerprint density at radius 2 is 2.11 bits per heavy atom. The molecule has 0 unspecified atom stereocenters. The largest absolute Gasteiger partial charge is 0.450 e. The molecule has 2 amide bonds. The summed E-state index contributed by atoms with van der Waals surface area (Å²) in [5, 5.41) is 0. The number of amides is 2. The summed E-state index contributed by atoms with van der Waals surface area (Å²) >= 11 is 0. The molecule has 0 bridgehead atoms. The number of carbonyl (C=O) groups is 2. The Hall–Kier alpha value is -1.30. The Labute approximate surface area is 108 Å². The number of nitrogens with zero attached hydrogens (tertiary/aromatic N) is 2. The zero-order valence-corrected chi connectivity index (χ0v) is 11.5. The molecule has 0 N–H and O–H groups in total. The quantitative estimate of drug-likeness (QED) is 0.748. The van der Waals surface area contributed by atoms with E-state index in [4.69, 9.17) is 9.47 Å². The van der Waals surface area contributed by atoms with Gasteiger partial charge in [0.25, 0.3) is 0 Å². The van der Waals surface area contributed by atoms with Crippen LogP contribution in [0.15, 0.2) is 0 Å². The lowest BCUT2D eigenvalue weighted by molar-refractivity contribution is -0.143. The van der Waals surface area contributed by atoms with Gasteiger partial charge in [-0.3, -0.25) is 4.79 Å². The lowest BCUT2D eigenvalue weighted by Gasteiger charge is -2.37. The summed E-state index contributed by atoms with van der Waals surface area (Å²) in [6, 6.07) is 0.0456. The fraction of sp³-hybridized carbons (Fsp3) is 0.833. The highest BCUT2D eigenvalue weighted by atomic mass is 16.6. The number of likely N-dealkylation sites (N-methyl/N-ethyl adjacent to an activating group) is 1. The van der Waals surface area contributed by atoms with Gasteiger partial charge in [0, 0.05) is 13.6 Å². The number of carbonyl (C=O) groups excluding carboxylic acids is 2. The fourth-order valence-electron chi connectivity index (χ4n) is 1.84. The minimum atomic E-state index is -0.472. The molecule has 18 heavy (non-hydrogen) atoms. The van der Waals surface area contributed by atoms with Gasteiger partial charge in [-0.1, -0.05) is 0 Å². The zero-order valence-electron chi connectivity index (χ0n) is 11.5. The van der Waals surface area contributed by atoms with Crippen molar-refractivity contribution in [2.75, 3.05) is 33.4 Å². The lowest BCUT2D eigenvalue weighted by atomic mass is 10.2. The average molecular weight is 258 g/mol. The van der Waals surface area contributed by atoms with Gasteiger partial charge in [0.05, 0.1) is 25.4 Å².